The molecule has 102 valence electrons. The van der Waals surface area contributed by atoms with Gasteiger partial charge in [-0.05, 0) is 23.9 Å². The van der Waals surface area contributed by atoms with Gasteiger partial charge < -0.3 is 15.5 Å². The number of hydrogen-bond donors (Lipinski definition) is 2. The normalized spacial score (nSPS) is 19.9. The van der Waals surface area contributed by atoms with Crippen LogP contribution in [0.25, 0.3) is 0 Å². The fraction of sp³-hybridized carbons (Fsp3) is 0.714. The van der Waals surface area contributed by atoms with Crippen molar-refractivity contribution >= 4 is 11.3 Å². The summed E-state index contributed by atoms with van der Waals surface area (Å²) >= 11 is 1.85. The molecule has 2 heterocycles. The standard InChI is InChI=1S/C14H25N3S/c1-14(2,11-17-8-6-16-7-9-17)13(15-3)12-5-4-10-18-12/h4-5,10,13,15-16H,6-9,11H2,1-3H3. The minimum Gasteiger partial charge on any atom is -0.314 e. The van der Waals surface area contributed by atoms with Gasteiger partial charge in [0, 0.05) is 43.6 Å². The first-order chi connectivity index (χ1) is 8.63. The van der Waals surface area contributed by atoms with Crippen LogP contribution in [0.4, 0.5) is 0 Å². The average molecular weight is 267 g/mol. The van der Waals surface area contributed by atoms with Gasteiger partial charge in [-0.3, -0.25) is 0 Å². The second-order valence-corrected chi connectivity index (χ2v) is 6.73. The van der Waals surface area contributed by atoms with Crippen LogP contribution < -0.4 is 10.6 Å². The fourth-order valence-corrected chi connectivity index (χ4v) is 3.95. The zero-order valence-electron chi connectivity index (χ0n) is 11.7. The molecule has 2 N–H and O–H groups in total. The molecule has 0 aromatic carbocycles. The van der Waals surface area contributed by atoms with Crippen molar-refractivity contribution in [1.29, 1.82) is 0 Å². The van der Waals surface area contributed by atoms with Crippen LogP contribution >= 0.6 is 11.3 Å². The molecule has 0 bridgehead atoms. The molecule has 0 aliphatic carbocycles. The van der Waals surface area contributed by atoms with E-state index in [1.165, 1.54) is 18.0 Å². The van der Waals surface area contributed by atoms with E-state index in [9.17, 15) is 0 Å². The average Bonchev–Trinajstić information content (AvgIpc) is 2.83. The largest absolute Gasteiger partial charge is 0.314 e. The predicted molar refractivity (Wildman–Crippen MR) is 79.2 cm³/mol. The summed E-state index contributed by atoms with van der Waals surface area (Å²) in [7, 11) is 2.07. The molecule has 3 nitrogen and oxygen atoms in total. The van der Waals surface area contributed by atoms with E-state index in [0.29, 0.717) is 6.04 Å². The Morgan fingerprint density at radius 3 is 2.72 bits per heavy atom. The van der Waals surface area contributed by atoms with Crippen LogP contribution in [0, 0.1) is 5.41 Å². The lowest BCUT2D eigenvalue weighted by molar-refractivity contribution is 0.129. The van der Waals surface area contributed by atoms with Crippen molar-refractivity contribution < 1.29 is 0 Å². The first-order valence-electron chi connectivity index (χ1n) is 6.77. The highest BCUT2D eigenvalue weighted by molar-refractivity contribution is 7.10. The SMILES string of the molecule is CNC(c1cccs1)C(C)(C)CN1CCNCC1. The summed E-state index contributed by atoms with van der Waals surface area (Å²) in [5.41, 5.74) is 0.247. The Morgan fingerprint density at radius 2 is 2.17 bits per heavy atom. The van der Waals surface area contributed by atoms with Gasteiger partial charge in [-0.15, -0.1) is 11.3 Å². The van der Waals surface area contributed by atoms with Crippen molar-refractivity contribution in [2.45, 2.75) is 19.9 Å². The first kappa shape index (κ1) is 14.0. The molecular weight excluding hydrogens is 242 g/mol. The maximum atomic E-state index is 3.50. The van der Waals surface area contributed by atoms with Crippen LogP contribution in [0.2, 0.25) is 0 Å². The highest BCUT2D eigenvalue weighted by Crippen LogP contribution is 2.36. The molecule has 1 aromatic rings. The molecule has 18 heavy (non-hydrogen) atoms. The van der Waals surface area contributed by atoms with E-state index in [0.717, 1.165) is 19.6 Å². The quantitative estimate of drug-likeness (QED) is 0.854. The van der Waals surface area contributed by atoms with Crippen LogP contribution in [-0.2, 0) is 0 Å². The number of nitrogens with zero attached hydrogens (tertiary/aromatic N) is 1. The van der Waals surface area contributed by atoms with E-state index >= 15 is 0 Å². The molecule has 0 radical (unpaired) electrons. The number of rotatable bonds is 5. The highest BCUT2D eigenvalue weighted by Gasteiger charge is 2.32. The van der Waals surface area contributed by atoms with Gasteiger partial charge in [0.05, 0.1) is 0 Å². The third-order valence-corrected chi connectivity index (χ3v) is 4.68. The molecule has 1 fully saturated rings. The molecule has 4 heteroatoms. The van der Waals surface area contributed by atoms with Crippen LogP contribution in [0.3, 0.4) is 0 Å². The molecule has 0 spiro atoms. The van der Waals surface area contributed by atoms with Crippen molar-refractivity contribution in [1.82, 2.24) is 15.5 Å². The van der Waals surface area contributed by atoms with E-state index < -0.39 is 0 Å². The number of thiophene rings is 1. The topological polar surface area (TPSA) is 27.3 Å². The molecule has 1 atom stereocenters. The summed E-state index contributed by atoms with van der Waals surface area (Å²) in [5, 5.41) is 9.09. The summed E-state index contributed by atoms with van der Waals surface area (Å²) in [6, 6.07) is 4.82. The minimum absolute atomic E-state index is 0.247. The smallest absolute Gasteiger partial charge is 0.0476 e. The molecule has 0 amide bonds. The van der Waals surface area contributed by atoms with Crippen LogP contribution in [0.5, 0.6) is 0 Å². The summed E-state index contributed by atoms with van der Waals surface area (Å²) in [6.07, 6.45) is 0. The molecule has 1 aliphatic rings. The maximum absolute atomic E-state index is 3.50. The van der Waals surface area contributed by atoms with Crippen LogP contribution in [-0.4, -0.2) is 44.7 Å². The van der Waals surface area contributed by atoms with Gasteiger partial charge in [0.1, 0.15) is 0 Å². The molecule has 1 aliphatic heterocycles. The second-order valence-electron chi connectivity index (χ2n) is 5.75. The van der Waals surface area contributed by atoms with Crippen LogP contribution in [0.15, 0.2) is 17.5 Å². The lowest BCUT2D eigenvalue weighted by Gasteiger charge is -2.39. The summed E-state index contributed by atoms with van der Waals surface area (Å²) < 4.78 is 0. The Balaban J connectivity index is 2.03. The van der Waals surface area contributed by atoms with Gasteiger partial charge in [0.2, 0.25) is 0 Å². The lowest BCUT2D eigenvalue weighted by atomic mass is 9.82. The van der Waals surface area contributed by atoms with Crippen molar-refractivity contribution in [3.8, 4) is 0 Å². The van der Waals surface area contributed by atoms with Crippen molar-refractivity contribution in [3.05, 3.63) is 22.4 Å². The first-order valence-corrected chi connectivity index (χ1v) is 7.65. The number of hydrogen-bond acceptors (Lipinski definition) is 4. The monoisotopic (exact) mass is 267 g/mol. The van der Waals surface area contributed by atoms with Gasteiger partial charge in [-0.25, -0.2) is 0 Å². The van der Waals surface area contributed by atoms with E-state index in [4.69, 9.17) is 0 Å². The predicted octanol–water partition coefficient (Wildman–Crippen LogP) is 1.94. The zero-order chi connectivity index (χ0) is 13.0. The van der Waals surface area contributed by atoms with Gasteiger partial charge in [0.25, 0.3) is 0 Å². The Bertz CT molecular complexity index is 342. The third-order valence-electron chi connectivity index (χ3n) is 3.74. The third kappa shape index (κ3) is 3.32. The van der Waals surface area contributed by atoms with Gasteiger partial charge in [0.15, 0.2) is 0 Å². The molecule has 0 saturated carbocycles. The summed E-state index contributed by atoms with van der Waals surface area (Å²) in [4.78, 5) is 4.02. The molecule has 1 aromatic heterocycles. The molecule has 2 rings (SSSR count). The Kier molecular flexibility index (Phi) is 4.78. The van der Waals surface area contributed by atoms with E-state index in [2.05, 4.69) is 53.9 Å². The Labute approximate surface area is 115 Å². The highest BCUT2D eigenvalue weighted by atomic mass is 32.1. The molecule has 1 unspecified atom stereocenters. The Hall–Kier alpha value is -0.420. The van der Waals surface area contributed by atoms with Gasteiger partial charge in [-0.1, -0.05) is 19.9 Å². The van der Waals surface area contributed by atoms with E-state index in [1.807, 2.05) is 11.3 Å². The Morgan fingerprint density at radius 1 is 1.44 bits per heavy atom. The molecular formula is C14H25N3S. The van der Waals surface area contributed by atoms with Gasteiger partial charge in [-0.2, -0.15) is 0 Å². The van der Waals surface area contributed by atoms with Crippen LogP contribution in [0.1, 0.15) is 24.8 Å². The number of nitrogens with one attached hydrogen (secondary N) is 2. The fourth-order valence-electron chi connectivity index (χ4n) is 2.91. The van der Waals surface area contributed by atoms with E-state index in [1.54, 1.807) is 0 Å². The zero-order valence-corrected chi connectivity index (χ0v) is 12.5. The van der Waals surface area contributed by atoms with E-state index in [-0.39, 0.29) is 5.41 Å². The number of piperazine rings is 1. The molecule has 1 saturated heterocycles. The van der Waals surface area contributed by atoms with Gasteiger partial charge >= 0.3 is 0 Å². The minimum atomic E-state index is 0.247. The maximum Gasteiger partial charge on any atom is 0.0476 e. The second kappa shape index (κ2) is 6.15. The van der Waals surface area contributed by atoms with Crippen molar-refractivity contribution in [3.63, 3.8) is 0 Å². The summed E-state index contributed by atoms with van der Waals surface area (Å²) in [6.45, 7) is 10.5. The van der Waals surface area contributed by atoms with Crippen molar-refractivity contribution in [2.75, 3.05) is 39.8 Å². The summed E-state index contributed by atoms with van der Waals surface area (Å²) in [5.74, 6) is 0. The lowest BCUT2D eigenvalue weighted by Crippen LogP contribution is -2.49. The van der Waals surface area contributed by atoms with Crippen molar-refractivity contribution in [2.24, 2.45) is 5.41 Å².